The molecule has 1 fully saturated rings. The number of rotatable bonds is 3. The number of nitrogens with zero attached hydrogens (tertiary/aromatic N) is 2. The Bertz CT molecular complexity index is 387. The van der Waals surface area contributed by atoms with Crippen molar-refractivity contribution in [2.75, 3.05) is 19.6 Å². The molecule has 1 unspecified atom stereocenters. The summed E-state index contributed by atoms with van der Waals surface area (Å²) in [6, 6.07) is 0. The molecule has 4 heteroatoms. The SMILES string of the molecule is CCC(C)(C)N1CCCC(OC2=NNCC(C)=C2)CC1. The number of nitrogens with one attached hydrogen (secondary N) is 1. The fourth-order valence-corrected chi connectivity index (χ4v) is 2.78. The Morgan fingerprint density at radius 1 is 1.40 bits per heavy atom. The smallest absolute Gasteiger partial charge is 0.230 e. The van der Waals surface area contributed by atoms with E-state index >= 15 is 0 Å². The van der Waals surface area contributed by atoms with Crippen LogP contribution in [0.4, 0.5) is 0 Å². The van der Waals surface area contributed by atoms with E-state index in [1.165, 1.54) is 25.0 Å². The predicted molar refractivity (Wildman–Crippen MR) is 83.9 cm³/mol. The Labute approximate surface area is 123 Å². The molecule has 2 aliphatic rings. The van der Waals surface area contributed by atoms with Crippen LogP contribution in [0.15, 0.2) is 16.8 Å². The first-order valence-electron chi connectivity index (χ1n) is 7.90. The molecule has 2 rings (SSSR count). The minimum Gasteiger partial charge on any atom is -0.473 e. The fraction of sp³-hybridized carbons (Fsp3) is 0.812. The zero-order chi connectivity index (χ0) is 14.6. The molecule has 0 aromatic carbocycles. The molecular formula is C16H29N3O. The summed E-state index contributed by atoms with van der Waals surface area (Å²) in [6.45, 7) is 12.2. The quantitative estimate of drug-likeness (QED) is 0.863. The molecule has 0 aromatic heterocycles. The maximum Gasteiger partial charge on any atom is 0.230 e. The largest absolute Gasteiger partial charge is 0.473 e. The van der Waals surface area contributed by atoms with Crippen LogP contribution in [0.2, 0.25) is 0 Å². The molecule has 2 heterocycles. The molecule has 0 amide bonds. The second-order valence-corrected chi connectivity index (χ2v) is 6.60. The van der Waals surface area contributed by atoms with E-state index in [9.17, 15) is 0 Å². The van der Waals surface area contributed by atoms with Crippen LogP contribution in [0.25, 0.3) is 0 Å². The predicted octanol–water partition coefficient (Wildman–Crippen LogP) is 2.91. The summed E-state index contributed by atoms with van der Waals surface area (Å²) >= 11 is 0. The van der Waals surface area contributed by atoms with Crippen LogP contribution in [0.3, 0.4) is 0 Å². The maximum atomic E-state index is 6.06. The summed E-state index contributed by atoms with van der Waals surface area (Å²) in [7, 11) is 0. The lowest BCUT2D eigenvalue weighted by Gasteiger charge is -2.37. The number of likely N-dealkylation sites (tertiary alicyclic amines) is 1. The van der Waals surface area contributed by atoms with Crippen LogP contribution < -0.4 is 5.43 Å². The van der Waals surface area contributed by atoms with Gasteiger partial charge in [0.1, 0.15) is 6.10 Å². The van der Waals surface area contributed by atoms with E-state index < -0.39 is 0 Å². The van der Waals surface area contributed by atoms with Crippen molar-refractivity contribution in [2.24, 2.45) is 5.10 Å². The molecule has 20 heavy (non-hydrogen) atoms. The molecule has 0 bridgehead atoms. The highest BCUT2D eigenvalue weighted by atomic mass is 16.5. The molecule has 2 aliphatic heterocycles. The first-order valence-corrected chi connectivity index (χ1v) is 7.90. The van der Waals surface area contributed by atoms with Gasteiger partial charge in [-0.25, -0.2) is 0 Å². The monoisotopic (exact) mass is 279 g/mol. The first-order chi connectivity index (χ1) is 9.51. The Morgan fingerprint density at radius 2 is 2.20 bits per heavy atom. The van der Waals surface area contributed by atoms with Crippen LogP contribution in [-0.4, -0.2) is 42.1 Å². The molecule has 1 N–H and O–H groups in total. The summed E-state index contributed by atoms with van der Waals surface area (Å²) in [5.74, 6) is 0.752. The van der Waals surface area contributed by atoms with Gasteiger partial charge in [-0.15, -0.1) is 5.10 Å². The minimum absolute atomic E-state index is 0.301. The third-order valence-electron chi connectivity index (χ3n) is 4.60. The maximum absolute atomic E-state index is 6.06. The van der Waals surface area contributed by atoms with Gasteiger partial charge in [-0.3, -0.25) is 4.90 Å². The standard InChI is InChI=1S/C16H29N3O/c1-5-16(3,4)19-9-6-7-14(8-10-19)20-15-11-13(2)12-17-18-15/h11,14,17H,5-10,12H2,1-4H3. The van der Waals surface area contributed by atoms with E-state index in [0.29, 0.717) is 11.6 Å². The average Bonchev–Trinajstić information content (AvgIpc) is 2.65. The summed E-state index contributed by atoms with van der Waals surface area (Å²) < 4.78 is 6.06. The van der Waals surface area contributed by atoms with Crippen LogP contribution in [0, 0.1) is 0 Å². The van der Waals surface area contributed by atoms with E-state index in [4.69, 9.17) is 4.74 Å². The van der Waals surface area contributed by atoms with Crippen molar-refractivity contribution in [3.63, 3.8) is 0 Å². The molecule has 1 saturated heterocycles. The molecule has 1 atom stereocenters. The van der Waals surface area contributed by atoms with Gasteiger partial charge in [0.15, 0.2) is 0 Å². The van der Waals surface area contributed by atoms with E-state index in [1.807, 2.05) is 0 Å². The summed E-state index contributed by atoms with van der Waals surface area (Å²) in [5, 5.41) is 4.24. The van der Waals surface area contributed by atoms with E-state index in [-0.39, 0.29) is 0 Å². The van der Waals surface area contributed by atoms with E-state index in [0.717, 1.165) is 31.8 Å². The van der Waals surface area contributed by atoms with Crippen molar-refractivity contribution < 1.29 is 4.74 Å². The summed E-state index contributed by atoms with van der Waals surface area (Å²) in [5.41, 5.74) is 4.59. The van der Waals surface area contributed by atoms with Gasteiger partial charge in [0.2, 0.25) is 5.90 Å². The molecule has 114 valence electrons. The molecule has 4 nitrogen and oxygen atoms in total. The van der Waals surface area contributed by atoms with Gasteiger partial charge in [-0.1, -0.05) is 6.92 Å². The van der Waals surface area contributed by atoms with Crippen molar-refractivity contribution in [3.8, 4) is 0 Å². The number of hydrogen-bond donors (Lipinski definition) is 1. The van der Waals surface area contributed by atoms with Crippen molar-refractivity contribution in [1.82, 2.24) is 10.3 Å². The second kappa shape index (κ2) is 6.61. The molecule has 0 aliphatic carbocycles. The molecule has 0 radical (unpaired) electrons. The summed E-state index contributed by atoms with van der Waals surface area (Å²) in [6.07, 6.45) is 6.97. The van der Waals surface area contributed by atoms with Crippen molar-refractivity contribution in [2.45, 2.75) is 65.0 Å². The first kappa shape index (κ1) is 15.4. The van der Waals surface area contributed by atoms with Gasteiger partial charge in [0.05, 0.1) is 6.54 Å². The Hall–Kier alpha value is -1.03. The van der Waals surface area contributed by atoms with Gasteiger partial charge >= 0.3 is 0 Å². The second-order valence-electron chi connectivity index (χ2n) is 6.60. The van der Waals surface area contributed by atoms with Gasteiger partial charge in [-0.05, 0) is 58.6 Å². The lowest BCUT2D eigenvalue weighted by molar-refractivity contribution is 0.111. The van der Waals surface area contributed by atoms with Crippen LogP contribution in [0.5, 0.6) is 0 Å². The van der Waals surface area contributed by atoms with E-state index in [1.54, 1.807) is 0 Å². The van der Waals surface area contributed by atoms with Gasteiger partial charge in [0, 0.05) is 18.2 Å². The van der Waals surface area contributed by atoms with Gasteiger partial charge in [0.25, 0.3) is 0 Å². The van der Waals surface area contributed by atoms with Crippen molar-refractivity contribution in [3.05, 3.63) is 11.6 Å². The number of hydrazone groups is 1. The Morgan fingerprint density at radius 3 is 2.90 bits per heavy atom. The lowest BCUT2D eigenvalue weighted by Crippen LogP contribution is -2.44. The van der Waals surface area contributed by atoms with Gasteiger partial charge in [-0.2, -0.15) is 0 Å². The molecule has 0 spiro atoms. The Balaban J connectivity index is 1.89. The minimum atomic E-state index is 0.301. The third kappa shape index (κ3) is 3.98. The molecular weight excluding hydrogens is 250 g/mol. The molecule has 0 aromatic rings. The van der Waals surface area contributed by atoms with Crippen LogP contribution in [-0.2, 0) is 4.74 Å². The highest BCUT2D eigenvalue weighted by Gasteiger charge is 2.28. The van der Waals surface area contributed by atoms with Gasteiger partial charge < -0.3 is 10.2 Å². The highest BCUT2D eigenvalue weighted by molar-refractivity contribution is 5.88. The topological polar surface area (TPSA) is 36.9 Å². The molecule has 0 saturated carbocycles. The zero-order valence-corrected chi connectivity index (χ0v) is 13.4. The van der Waals surface area contributed by atoms with Crippen LogP contribution >= 0.6 is 0 Å². The Kier molecular flexibility index (Phi) is 5.08. The zero-order valence-electron chi connectivity index (χ0n) is 13.4. The number of hydrogen-bond acceptors (Lipinski definition) is 4. The normalized spacial score (nSPS) is 25.3. The third-order valence-corrected chi connectivity index (χ3v) is 4.60. The van der Waals surface area contributed by atoms with Crippen molar-refractivity contribution in [1.29, 1.82) is 0 Å². The summed E-state index contributed by atoms with van der Waals surface area (Å²) in [4.78, 5) is 2.61. The number of ether oxygens (including phenoxy) is 1. The highest BCUT2D eigenvalue weighted by Crippen LogP contribution is 2.24. The average molecular weight is 279 g/mol. The van der Waals surface area contributed by atoms with Crippen molar-refractivity contribution >= 4 is 5.90 Å². The van der Waals surface area contributed by atoms with Crippen LogP contribution in [0.1, 0.15) is 53.4 Å². The van der Waals surface area contributed by atoms with E-state index in [2.05, 4.69) is 49.2 Å². The fourth-order valence-electron chi connectivity index (χ4n) is 2.78. The lowest BCUT2D eigenvalue weighted by atomic mass is 9.99.